The number of rotatable bonds is 7. The number of amides is 1. The Bertz CT molecular complexity index is 400. The van der Waals surface area contributed by atoms with E-state index < -0.39 is 38.6 Å². The van der Waals surface area contributed by atoms with Crippen molar-refractivity contribution in [1.82, 2.24) is 4.90 Å². The molecule has 0 aliphatic carbocycles. The lowest BCUT2D eigenvalue weighted by Gasteiger charge is -2.23. The Morgan fingerprint density at radius 2 is 1.61 bits per heavy atom. The second kappa shape index (κ2) is 6.72. The number of nitrogens with zero attached hydrogens (tertiary/aromatic N) is 1. The molecule has 2 atom stereocenters. The van der Waals surface area contributed by atoms with E-state index in [1.807, 2.05) is 0 Å². The topological polar surface area (TPSA) is 91.8 Å². The molecule has 0 rings (SSSR count). The average molecular weight is 279 g/mol. The first kappa shape index (κ1) is 16.9. The van der Waals surface area contributed by atoms with Crippen molar-refractivity contribution in [3.8, 4) is 0 Å². The molecule has 0 fully saturated rings. The number of sulfone groups is 1. The number of aliphatic carboxylic acids is 1. The minimum atomic E-state index is -3.74. The van der Waals surface area contributed by atoms with E-state index >= 15 is 0 Å². The van der Waals surface area contributed by atoms with Crippen LogP contribution in [-0.4, -0.2) is 54.4 Å². The van der Waals surface area contributed by atoms with E-state index in [0.29, 0.717) is 13.1 Å². The summed E-state index contributed by atoms with van der Waals surface area (Å²) in [4.78, 5) is 24.0. The third-order valence-corrected chi connectivity index (χ3v) is 5.11. The minimum Gasteiger partial charge on any atom is -0.481 e. The molecular formula is C11H21NO5S. The number of hydrogen-bond donors (Lipinski definition) is 1. The van der Waals surface area contributed by atoms with Crippen molar-refractivity contribution in [2.24, 2.45) is 5.92 Å². The van der Waals surface area contributed by atoms with Crippen LogP contribution in [0.2, 0.25) is 0 Å². The first-order chi connectivity index (χ1) is 8.17. The Morgan fingerprint density at radius 1 is 1.17 bits per heavy atom. The van der Waals surface area contributed by atoms with Crippen LogP contribution in [0.15, 0.2) is 0 Å². The smallest absolute Gasteiger partial charge is 0.307 e. The van der Waals surface area contributed by atoms with Crippen LogP contribution in [0.4, 0.5) is 0 Å². The number of carboxylic acid groups (broad SMARTS) is 1. The highest BCUT2D eigenvalue weighted by Gasteiger charge is 2.33. The molecule has 1 N–H and O–H groups in total. The van der Waals surface area contributed by atoms with Gasteiger partial charge < -0.3 is 10.0 Å². The summed E-state index contributed by atoms with van der Waals surface area (Å²) in [5.41, 5.74) is 0. The zero-order chi connectivity index (χ0) is 14.5. The van der Waals surface area contributed by atoms with Crippen LogP contribution in [-0.2, 0) is 19.4 Å². The summed E-state index contributed by atoms with van der Waals surface area (Å²) in [7, 11) is -3.74. The quantitative estimate of drug-likeness (QED) is 0.727. The molecule has 106 valence electrons. The molecule has 0 aliphatic rings. The van der Waals surface area contributed by atoms with Crippen LogP contribution in [0.25, 0.3) is 0 Å². The molecule has 0 aromatic heterocycles. The highest BCUT2D eigenvalue weighted by atomic mass is 32.2. The predicted octanol–water partition coefficient (Wildman–Crippen LogP) is 0.379. The largest absolute Gasteiger partial charge is 0.481 e. The van der Waals surface area contributed by atoms with Crippen molar-refractivity contribution >= 4 is 21.7 Å². The summed E-state index contributed by atoms with van der Waals surface area (Å²) in [5, 5.41) is 7.51. The number of carbonyl (C=O) groups is 2. The van der Waals surface area contributed by atoms with Crippen molar-refractivity contribution in [3.63, 3.8) is 0 Å². The summed E-state index contributed by atoms with van der Waals surface area (Å²) in [6.45, 7) is 7.02. The molecule has 18 heavy (non-hydrogen) atoms. The molecule has 0 aromatic carbocycles. The van der Waals surface area contributed by atoms with Crippen LogP contribution in [0, 0.1) is 5.92 Å². The van der Waals surface area contributed by atoms with Crippen LogP contribution >= 0.6 is 0 Å². The number of carboxylic acids is 1. The molecule has 0 spiro atoms. The van der Waals surface area contributed by atoms with Gasteiger partial charge >= 0.3 is 5.97 Å². The maximum Gasteiger partial charge on any atom is 0.307 e. The van der Waals surface area contributed by atoms with Crippen molar-refractivity contribution in [2.75, 3.05) is 18.8 Å². The molecule has 0 saturated heterocycles. The Balaban J connectivity index is 4.91. The normalized spacial score (nSPS) is 14.9. The molecule has 0 radical (unpaired) electrons. The zero-order valence-corrected chi connectivity index (χ0v) is 12.0. The van der Waals surface area contributed by atoms with E-state index in [2.05, 4.69) is 0 Å². The molecule has 0 heterocycles. The molecule has 0 aliphatic heterocycles. The third kappa shape index (κ3) is 4.29. The van der Waals surface area contributed by atoms with Crippen LogP contribution < -0.4 is 0 Å². The lowest BCUT2D eigenvalue weighted by Crippen LogP contribution is -2.43. The molecule has 7 heteroatoms. The molecule has 6 nitrogen and oxygen atoms in total. The van der Waals surface area contributed by atoms with Crippen LogP contribution in [0.5, 0.6) is 0 Å². The van der Waals surface area contributed by atoms with Gasteiger partial charge in [0, 0.05) is 13.1 Å². The lowest BCUT2D eigenvalue weighted by molar-refractivity contribution is -0.140. The zero-order valence-electron chi connectivity index (χ0n) is 11.2. The van der Waals surface area contributed by atoms with Crippen molar-refractivity contribution in [2.45, 2.75) is 32.9 Å². The van der Waals surface area contributed by atoms with E-state index in [0.717, 1.165) is 0 Å². The lowest BCUT2D eigenvalue weighted by atomic mass is 10.2. The fourth-order valence-corrected chi connectivity index (χ4v) is 3.09. The van der Waals surface area contributed by atoms with Crippen molar-refractivity contribution in [3.05, 3.63) is 0 Å². The minimum absolute atomic E-state index is 0.434. The fraction of sp³-hybridized carbons (Fsp3) is 0.818. The Morgan fingerprint density at radius 3 is 1.94 bits per heavy atom. The average Bonchev–Trinajstić information content (AvgIpc) is 2.28. The highest BCUT2D eigenvalue weighted by Crippen LogP contribution is 2.11. The van der Waals surface area contributed by atoms with Gasteiger partial charge in [0.15, 0.2) is 9.84 Å². The molecule has 1 amide bonds. The molecular weight excluding hydrogens is 258 g/mol. The van der Waals surface area contributed by atoms with Gasteiger partial charge in [-0.2, -0.15) is 0 Å². The van der Waals surface area contributed by atoms with Gasteiger partial charge in [0.25, 0.3) is 0 Å². The molecule has 0 saturated carbocycles. The molecule has 0 bridgehead atoms. The van der Waals surface area contributed by atoms with E-state index in [1.165, 1.54) is 18.7 Å². The Kier molecular flexibility index (Phi) is 6.31. The number of carbonyl (C=O) groups excluding carboxylic acids is 1. The maximum atomic E-state index is 11.9. The van der Waals surface area contributed by atoms with Crippen molar-refractivity contribution < 1.29 is 23.1 Å². The second-order valence-corrected chi connectivity index (χ2v) is 6.59. The van der Waals surface area contributed by atoms with E-state index in [1.54, 1.807) is 13.8 Å². The van der Waals surface area contributed by atoms with Crippen LogP contribution in [0.1, 0.15) is 27.7 Å². The summed E-state index contributed by atoms with van der Waals surface area (Å²) in [5.74, 6) is -3.18. The van der Waals surface area contributed by atoms with Gasteiger partial charge in [0.05, 0.1) is 11.7 Å². The van der Waals surface area contributed by atoms with Crippen LogP contribution in [0.3, 0.4) is 0 Å². The standard InChI is InChI=1S/C11H21NO5S/c1-5-12(6-2)10(13)9(4)18(16,17)7-8(3)11(14)15/h8-9H,5-7H2,1-4H3,(H,14,15). The van der Waals surface area contributed by atoms with Gasteiger partial charge in [-0.05, 0) is 20.8 Å². The summed E-state index contributed by atoms with van der Waals surface area (Å²) < 4.78 is 23.8. The summed E-state index contributed by atoms with van der Waals surface area (Å²) >= 11 is 0. The predicted molar refractivity (Wildman–Crippen MR) is 68.0 cm³/mol. The highest BCUT2D eigenvalue weighted by molar-refractivity contribution is 7.92. The fourth-order valence-electron chi connectivity index (χ4n) is 1.51. The molecule has 0 aromatic rings. The second-order valence-electron chi connectivity index (χ2n) is 4.22. The SMILES string of the molecule is CCN(CC)C(=O)C(C)S(=O)(=O)CC(C)C(=O)O. The maximum absolute atomic E-state index is 11.9. The van der Waals surface area contributed by atoms with E-state index in [4.69, 9.17) is 5.11 Å². The van der Waals surface area contributed by atoms with E-state index in [9.17, 15) is 18.0 Å². The summed E-state index contributed by atoms with van der Waals surface area (Å²) in [6, 6.07) is 0. The first-order valence-corrected chi connectivity index (χ1v) is 7.62. The Hall–Kier alpha value is -1.11. The monoisotopic (exact) mass is 279 g/mol. The van der Waals surface area contributed by atoms with Gasteiger partial charge in [0.2, 0.25) is 5.91 Å². The van der Waals surface area contributed by atoms with Gasteiger partial charge in [-0.15, -0.1) is 0 Å². The molecule has 2 unspecified atom stereocenters. The van der Waals surface area contributed by atoms with Gasteiger partial charge in [-0.25, -0.2) is 8.42 Å². The summed E-state index contributed by atoms with van der Waals surface area (Å²) in [6.07, 6.45) is 0. The third-order valence-electron chi connectivity index (χ3n) is 2.87. The van der Waals surface area contributed by atoms with Crippen molar-refractivity contribution in [1.29, 1.82) is 0 Å². The van der Waals surface area contributed by atoms with Gasteiger partial charge in [-0.3, -0.25) is 9.59 Å². The van der Waals surface area contributed by atoms with Gasteiger partial charge in [0.1, 0.15) is 5.25 Å². The van der Waals surface area contributed by atoms with E-state index in [-0.39, 0.29) is 0 Å². The first-order valence-electron chi connectivity index (χ1n) is 5.90. The van der Waals surface area contributed by atoms with Gasteiger partial charge in [-0.1, -0.05) is 6.92 Å². The Labute approximate surface area is 108 Å². The number of hydrogen-bond acceptors (Lipinski definition) is 4.